The summed E-state index contributed by atoms with van der Waals surface area (Å²) in [6, 6.07) is 18.6. The van der Waals surface area contributed by atoms with Gasteiger partial charge in [-0.15, -0.1) is 0 Å². The van der Waals surface area contributed by atoms with E-state index in [0.717, 1.165) is 16.3 Å². The zero-order valence-corrected chi connectivity index (χ0v) is 25.2. The number of amides is 2. The minimum absolute atomic E-state index is 0.00994. The topological polar surface area (TPSA) is 105 Å². The maximum Gasteiger partial charge on any atom is 0.264 e. The van der Waals surface area contributed by atoms with Gasteiger partial charge in [-0.2, -0.15) is 0 Å². The maximum atomic E-state index is 14.1. The van der Waals surface area contributed by atoms with E-state index in [0.29, 0.717) is 18.7 Å². The maximum absolute atomic E-state index is 14.1. The molecule has 0 fully saturated rings. The van der Waals surface area contributed by atoms with Crippen molar-refractivity contribution < 1.29 is 27.5 Å². The van der Waals surface area contributed by atoms with Crippen molar-refractivity contribution in [2.75, 3.05) is 31.6 Å². The fourth-order valence-corrected chi connectivity index (χ4v) is 5.91. The van der Waals surface area contributed by atoms with E-state index < -0.39 is 28.5 Å². The lowest BCUT2D eigenvalue weighted by Gasteiger charge is -2.33. The molecular formula is C30H36ClN3O6S. The van der Waals surface area contributed by atoms with E-state index in [4.69, 9.17) is 21.1 Å². The summed E-state index contributed by atoms with van der Waals surface area (Å²) in [5.41, 5.74) is 0.851. The van der Waals surface area contributed by atoms with Crippen molar-refractivity contribution in [3.05, 3.63) is 83.4 Å². The van der Waals surface area contributed by atoms with Gasteiger partial charge in [0.15, 0.2) is 0 Å². The average Bonchev–Trinajstić information content (AvgIpc) is 2.99. The van der Waals surface area contributed by atoms with Gasteiger partial charge in [0.25, 0.3) is 10.0 Å². The van der Waals surface area contributed by atoms with Crippen LogP contribution in [0.15, 0.2) is 77.7 Å². The number of rotatable bonds is 14. The first-order valence-corrected chi connectivity index (χ1v) is 15.1. The van der Waals surface area contributed by atoms with Gasteiger partial charge in [0.05, 0.1) is 24.8 Å². The van der Waals surface area contributed by atoms with Crippen molar-refractivity contribution in [1.82, 2.24) is 10.2 Å². The number of hydrogen-bond acceptors (Lipinski definition) is 6. The zero-order valence-electron chi connectivity index (χ0n) is 23.7. The number of nitrogens with one attached hydrogen (secondary N) is 1. The predicted molar refractivity (Wildman–Crippen MR) is 160 cm³/mol. The summed E-state index contributed by atoms with van der Waals surface area (Å²) in [7, 11) is -1.29. The molecule has 9 nitrogen and oxygen atoms in total. The summed E-state index contributed by atoms with van der Waals surface area (Å²) < 4.78 is 39.6. The lowest BCUT2D eigenvalue weighted by Crippen LogP contribution is -2.52. The molecule has 3 aromatic carbocycles. The summed E-state index contributed by atoms with van der Waals surface area (Å²) in [6.45, 7) is 3.68. The molecule has 2 amide bonds. The smallest absolute Gasteiger partial charge is 0.264 e. The fourth-order valence-electron chi connectivity index (χ4n) is 4.30. The molecule has 0 aliphatic carbocycles. The van der Waals surface area contributed by atoms with Gasteiger partial charge < -0.3 is 19.7 Å². The first-order chi connectivity index (χ1) is 19.7. The van der Waals surface area contributed by atoms with Crippen LogP contribution in [0.3, 0.4) is 0 Å². The van der Waals surface area contributed by atoms with Crippen LogP contribution >= 0.6 is 11.6 Å². The Morgan fingerprint density at radius 2 is 1.63 bits per heavy atom. The van der Waals surface area contributed by atoms with Gasteiger partial charge in [0.1, 0.15) is 24.1 Å². The van der Waals surface area contributed by atoms with E-state index >= 15 is 0 Å². The Kier molecular flexibility index (Phi) is 11.4. The fraction of sp³-hybridized carbons (Fsp3) is 0.333. The third-order valence-electron chi connectivity index (χ3n) is 6.47. The molecule has 3 aromatic rings. The second-order valence-electron chi connectivity index (χ2n) is 9.23. The molecular weight excluding hydrogens is 566 g/mol. The monoisotopic (exact) mass is 601 g/mol. The van der Waals surface area contributed by atoms with Crippen LogP contribution in [0.5, 0.6) is 11.5 Å². The van der Waals surface area contributed by atoms with E-state index in [9.17, 15) is 18.0 Å². The summed E-state index contributed by atoms with van der Waals surface area (Å²) in [6.07, 6.45) is 1.05. The summed E-state index contributed by atoms with van der Waals surface area (Å²) in [5.74, 6) is -0.0152. The predicted octanol–water partition coefficient (Wildman–Crippen LogP) is 4.89. The van der Waals surface area contributed by atoms with E-state index in [-0.39, 0.29) is 33.8 Å². The van der Waals surface area contributed by atoms with Crippen molar-refractivity contribution in [3.63, 3.8) is 0 Å². The van der Waals surface area contributed by atoms with E-state index in [2.05, 4.69) is 5.32 Å². The van der Waals surface area contributed by atoms with Gasteiger partial charge in [-0.05, 0) is 60.9 Å². The number of carbonyl (C=O) groups excluding carboxylic acids is 2. The molecule has 3 rings (SSSR count). The second kappa shape index (κ2) is 14.7. The Morgan fingerprint density at radius 1 is 0.951 bits per heavy atom. The molecule has 1 N–H and O–H groups in total. The molecule has 0 saturated heterocycles. The SMILES string of the molecule is CCCNC(=O)C(CC)N(Cc1ccc(OC)cc1)C(=O)CN(c1cc(Cl)ccc1OC)S(=O)(=O)c1ccccc1. The Morgan fingerprint density at radius 3 is 2.22 bits per heavy atom. The minimum Gasteiger partial charge on any atom is -0.497 e. The average molecular weight is 602 g/mol. The zero-order chi connectivity index (χ0) is 30.0. The standard InChI is InChI=1S/C30H36ClN3O6S/c1-5-18-32-30(36)26(6-2)33(20-22-12-15-24(39-3)16-13-22)29(35)21-34(27-19-23(31)14-17-28(27)40-4)41(37,38)25-10-8-7-9-11-25/h7-17,19,26H,5-6,18,20-21H2,1-4H3,(H,32,36). The van der Waals surface area contributed by atoms with E-state index in [1.54, 1.807) is 55.6 Å². The third kappa shape index (κ3) is 7.92. The number of anilines is 1. The van der Waals surface area contributed by atoms with Gasteiger partial charge >= 0.3 is 0 Å². The number of nitrogens with zero attached hydrogens (tertiary/aromatic N) is 2. The normalized spacial score (nSPS) is 11.8. The van der Waals surface area contributed by atoms with Gasteiger partial charge in [0.2, 0.25) is 11.8 Å². The Labute approximate surface area is 247 Å². The lowest BCUT2D eigenvalue weighted by atomic mass is 10.1. The third-order valence-corrected chi connectivity index (χ3v) is 8.48. The summed E-state index contributed by atoms with van der Waals surface area (Å²) in [5, 5.41) is 3.13. The molecule has 0 saturated carbocycles. The highest BCUT2D eigenvalue weighted by Gasteiger charge is 2.34. The number of ether oxygens (including phenoxy) is 2. The molecule has 0 aliphatic heterocycles. The lowest BCUT2D eigenvalue weighted by molar-refractivity contribution is -0.140. The van der Waals surface area contributed by atoms with Crippen LogP contribution < -0.4 is 19.1 Å². The molecule has 0 bridgehead atoms. The quantitative estimate of drug-likeness (QED) is 0.282. The van der Waals surface area contributed by atoms with Crippen LogP contribution in [0.25, 0.3) is 0 Å². The second-order valence-corrected chi connectivity index (χ2v) is 11.5. The number of sulfonamides is 1. The van der Waals surface area contributed by atoms with Crippen LogP contribution in [0.1, 0.15) is 32.3 Å². The Hall–Kier alpha value is -3.76. The molecule has 220 valence electrons. The number of halogens is 1. The molecule has 41 heavy (non-hydrogen) atoms. The van der Waals surface area contributed by atoms with E-state index in [1.165, 1.54) is 36.3 Å². The molecule has 1 atom stereocenters. The largest absolute Gasteiger partial charge is 0.497 e. The summed E-state index contributed by atoms with van der Waals surface area (Å²) >= 11 is 6.27. The van der Waals surface area contributed by atoms with Crippen LogP contribution in [0.4, 0.5) is 5.69 Å². The van der Waals surface area contributed by atoms with Crippen molar-refractivity contribution >= 4 is 39.1 Å². The molecule has 0 aliphatic rings. The van der Waals surface area contributed by atoms with Crippen LogP contribution in [0.2, 0.25) is 5.02 Å². The highest BCUT2D eigenvalue weighted by molar-refractivity contribution is 7.92. The van der Waals surface area contributed by atoms with Gasteiger partial charge in [0, 0.05) is 18.1 Å². The highest BCUT2D eigenvalue weighted by Crippen LogP contribution is 2.35. The molecule has 0 spiro atoms. The van der Waals surface area contributed by atoms with Crippen molar-refractivity contribution in [1.29, 1.82) is 0 Å². The Balaban J connectivity index is 2.10. The van der Waals surface area contributed by atoms with Crippen molar-refractivity contribution in [2.24, 2.45) is 0 Å². The number of benzene rings is 3. The molecule has 0 heterocycles. The van der Waals surface area contributed by atoms with Crippen LogP contribution in [0, 0.1) is 0 Å². The number of methoxy groups -OCH3 is 2. The van der Waals surface area contributed by atoms with Gasteiger partial charge in [-0.1, -0.05) is 55.8 Å². The van der Waals surface area contributed by atoms with Crippen molar-refractivity contribution in [2.45, 2.75) is 44.2 Å². The number of carbonyl (C=O) groups is 2. The van der Waals surface area contributed by atoms with Crippen molar-refractivity contribution in [3.8, 4) is 11.5 Å². The van der Waals surface area contributed by atoms with Gasteiger partial charge in [-0.25, -0.2) is 8.42 Å². The van der Waals surface area contributed by atoms with Crippen LogP contribution in [-0.4, -0.2) is 58.5 Å². The molecule has 1 unspecified atom stereocenters. The minimum atomic E-state index is -4.25. The number of hydrogen-bond donors (Lipinski definition) is 1. The van der Waals surface area contributed by atoms with E-state index in [1.807, 2.05) is 13.8 Å². The first-order valence-electron chi connectivity index (χ1n) is 13.3. The molecule has 0 aromatic heterocycles. The molecule has 0 radical (unpaired) electrons. The van der Waals surface area contributed by atoms with Gasteiger partial charge in [-0.3, -0.25) is 13.9 Å². The first kappa shape index (κ1) is 31.8. The van der Waals surface area contributed by atoms with Crippen LogP contribution in [-0.2, 0) is 26.2 Å². The molecule has 11 heteroatoms. The summed E-state index contributed by atoms with van der Waals surface area (Å²) in [4.78, 5) is 28.7. The Bertz CT molecular complexity index is 1420. The highest BCUT2D eigenvalue weighted by atomic mass is 35.5.